The minimum atomic E-state index is -4.52. The quantitative estimate of drug-likeness (QED) is 0.712. The molecule has 0 spiro atoms. The van der Waals surface area contributed by atoms with Gasteiger partial charge in [-0.25, -0.2) is 0 Å². The Kier molecular flexibility index (Phi) is 5.06. The Labute approximate surface area is 148 Å². The number of alkyl halides is 3. The van der Waals surface area contributed by atoms with Gasteiger partial charge in [0.15, 0.2) is 5.69 Å². The van der Waals surface area contributed by atoms with Gasteiger partial charge in [-0.3, -0.25) is 9.97 Å². The van der Waals surface area contributed by atoms with Gasteiger partial charge in [0.05, 0.1) is 24.7 Å². The van der Waals surface area contributed by atoms with Gasteiger partial charge >= 0.3 is 6.18 Å². The number of pyridine rings is 2. The molecule has 0 unspecified atom stereocenters. The van der Waals surface area contributed by atoms with E-state index in [0.717, 1.165) is 17.5 Å². The van der Waals surface area contributed by atoms with Crippen LogP contribution in [0.5, 0.6) is 5.75 Å². The van der Waals surface area contributed by atoms with Crippen molar-refractivity contribution in [3.8, 4) is 17.0 Å². The number of benzene rings is 1. The first kappa shape index (κ1) is 17.7. The monoisotopic (exact) mass is 359 g/mol. The first-order chi connectivity index (χ1) is 12.5. The summed E-state index contributed by atoms with van der Waals surface area (Å²) >= 11 is 0. The Morgan fingerprint density at radius 3 is 2.38 bits per heavy atom. The normalized spacial score (nSPS) is 11.2. The summed E-state index contributed by atoms with van der Waals surface area (Å²) in [6.45, 7) is 0.561. The smallest absolute Gasteiger partial charge is 0.434 e. The molecule has 0 fully saturated rings. The molecule has 1 aromatic carbocycles. The van der Waals surface area contributed by atoms with E-state index >= 15 is 0 Å². The lowest BCUT2D eigenvalue weighted by Crippen LogP contribution is -2.10. The lowest BCUT2D eigenvalue weighted by Gasteiger charge is -2.12. The fourth-order valence-corrected chi connectivity index (χ4v) is 2.44. The van der Waals surface area contributed by atoms with Crippen LogP contribution in [0.15, 0.2) is 60.9 Å². The maximum absolute atomic E-state index is 13.1. The second-order valence-electron chi connectivity index (χ2n) is 5.53. The van der Waals surface area contributed by atoms with Crippen molar-refractivity contribution in [2.45, 2.75) is 12.7 Å². The standard InChI is InChI=1S/C19H16F3N3O/c1-26-15-7-4-13(5-8-15)11-24-14-6-9-17(25-12-14)16-3-2-10-23-18(16)19(20,21)22/h2-10,12,24H,11H2,1H3. The van der Waals surface area contributed by atoms with Crippen LogP contribution in [0.1, 0.15) is 11.3 Å². The Bertz CT molecular complexity index is 862. The van der Waals surface area contributed by atoms with Crippen LogP contribution >= 0.6 is 0 Å². The molecule has 0 saturated carbocycles. The fourth-order valence-electron chi connectivity index (χ4n) is 2.44. The molecule has 0 saturated heterocycles. The number of nitrogens with one attached hydrogen (secondary N) is 1. The molecule has 0 aliphatic carbocycles. The lowest BCUT2D eigenvalue weighted by molar-refractivity contribution is -0.140. The van der Waals surface area contributed by atoms with Gasteiger partial charge in [0.1, 0.15) is 5.75 Å². The first-order valence-electron chi connectivity index (χ1n) is 7.83. The summed E-state index contributed by atoms with van der Waals surface area (Å²) in [7, 11) is 1.60. The number of hydrogen-bond acceptors (Lipinski definition) is 4. The molecule has 2 aromatic heterocycles. The van der Waals surface area contributed by atoms with Gasteiger partial charge in [-0.2, -0.15) is 13.2 Å². The van der Waals surface area contributed by atoms with Crippen LogP contribution in [-0.2, 0) is 12.7 Å². The number of hydrogen-bond donors (Lipinski definition) is 1. The summed E-state index contributed by atoms with van der Waals surface area (Å²) in [5, 5.41) is 3.18. The average Bonchev–Trinajstić information content (AvgIpc) is 2.66. The Hall–Kier alpha value is -3.09. The van der Waals surface area contributed by atoms with Crippen LogP contribution in [0.25, 0.3) is 11.3 Å². The van der Waals surface area contributed by atoms with Gasteiger partial charge in [-0.1, -0.05) is 12.1 Å². The largest absolute Gasteiger partial charge is 0.497 e. The van der Waals surface area contributed by atoms with Crippen molar-refractivity contribution in [1.29, 1.82) is 0 Å². The molecule has 134 valence electrons. The third kappa shape index (κ3) is 4.11. The van der Waals surface area contributed by atoms with E-state index < -0.39 is 11.9 Å². The van der Waals surface area contributed by atoms with Gasteiger partial charge in [0.25, 0.3) is 0 Å². The molecule has 3 rings (SSSR count). The van der Waals surface area contributed by atoms with Crippen molar-refractivity contribution in [2.75, 3.05) is 12.4 Å². The number of rotatable bonds is 5. The predicted octanol–water partition coefficient (Wildman–Crippen LogP) is 4.78. The minimum absolute atomic E-state index is 0.0401. The number of aromatic nitrogens is 2. The topological polar surface area (TPSA) is 47.0 Å². The van der Waals surface area contributed by atoms with Gasteiger partial charge in [-0.05, 0) is 42.0 Å². The third-order valence-electron chi connectivity index (χ3n) is 3.77. The molecular weight excluding hydrogens is 343 g/mol. The van der Waals surface area contributed by atoms with E-state index in [0.29, 0.717) is 12.2 Å². The summed E-state index contributed by atoms with van der Waals surface area (Å²) < 4.78 is 44.3. The molecule has 2 heterocycles. The summed E-state index contributed by atoms with van der Waals surface area (Å²) in [6.07, 6.45) is -1.90. The highest BCUT2D eigenvalue weighted by molar-refractivity contribution is 5.64. The molecule has 0 aliphatic rings. The van der Waals surface area contributed by atoms with Gasteiger partial charge < -0.3 is 10.1 Å². The van der Waals surface area contributed by atoms with Crippen LogP contribution in [0.3, 0.4) is 0 Å². The molecule has 7 heteroatoms. The van der Waals surface area contributed by atoms with Crippen molar-refractivity contribution in [3.63, 3.8) is 0 Å². The first-order valence-corrected chi connectivity index (χ1v) is 7.83. The van der Waals surface area contributed by atoms with E-state index in [1.807, 2.05) is 24.3 Å². The molecule has 0 bridgehead atoms. The minimum Gasteiger partial charge on any atom is -0.497 e. The number of halogens is 3. The Balaban J connectivity index is 1.73. The number of methoxy groups -OCH3 is 1. The molecule has 26 heavy (non-hydrogen) atoms. The zero-order chi connectivity index (χ0) is 18.6. The fraction of sp³-hybridized carbons (Fsp3) is 0.158. The molecule has 0 atom stereocenters. The highest BCUT2D eigenvalue weighted by atomic mass is 19.4. The third-order valence-corrected chi connectivity index (χ3v) is 3.77. The van der Waals surface area contributed by atoms with Crippen LogP contribution in [0, 0.1) is 0 Å². The average molecular weight is 359 g/mol. The number of nitrogens with zero attached hydrogens (tertiary/aromatic N) is 2. The molecule has 1 N–H and O–H groups in total. The van der Waals surface area contributed by atoms with E-state index in [1.54, 1.807) is 19.2 Å². The second kappa shape index (κ2) is 7.43. The van der Waals surface area contributed by atoms with Crippen molar-refractivity contribution in [3.05, 3.63) is 72.2 Å². The van der Waals surface area contributed by atoms with E-state index in [9.17, 15) is 13.2 Å². The Morgan fingerprint density at radius 1 is 1.00 bits per heavy atom. The molecule has 0 aliphatic heterocycles. The van der Waals surface area contributed by atoms with E-state index in [-0.39, 0.29) is 11.3 Å². The van der Waals surface area contributed by atoms with E-state index in [2.05, 4.69) is 15.3 Å². The zero-order valence-electron chi connectivity index (χ0n) is 13.9. The van der Waals surface area contributed by atoms with E-state index in [4.69, 9.17) is 4.74 Å². The van der Waals surface area contributed by atoms with Crippen LogP contribution in [-0.4, -0.2) is 17.1 Å². The SMILES string of the molecule is COc1ccc(CNc2ccc(-c3cccnc3C(F)(F)F)nc2)cc1. The summed E-state index contributed by atoms with van der Waals surface area (Å²) in [6, 6.07) is 13.6. The molecule has 0 amide bonds. The molecule has 3 aromatic rings. The van der Waals surface area contributed by atoms with Crippen molar-refractivity contribution >= 4 is 5.69 Å². The van der Waals surface area contributed by atoms with Gasteiger partial charge in [0, 0.05) is 18.3 Å². The van der Waals surface area contributed by atoms with Crippen LogP contribution in [0.2, 0.25) is 0 Å². The van der Waals surface area contributed by atoms with Crippen LogP contribution < -0.4 is 10.1 Å². The number of ether oxygens (including phenoxy) is 1. The zero-order valence-corrected chi connectivity index (χ0v) is 13.9. The summed E-state index contributed by atoms with van der Waals surface area (Å²) in [5.41, 5.74) is 0.997. The van der Waals surface area contributed by atoms with E-state index in [1.165, 1.54) is 18.3 Å². The van der Waals surface area contributed by atoms with Crippen LogP contribution in [0.4, 0.5) is 18.9 Å². The molecule has 4 nitrogen and oxygen atoms in total. The maximum atomic E-state index is 13.1. The lowest BCUT2D eigenvalue weighted by atomic mass is 10.1. The summed E-state index contributed by atoms with van der Waals surface area (Å²) in [4.78, 5) is 7.59. The number of anilines is 1. The van der Waals surface area contributed by atoms with Crippen molar-refractivity contribution < 1.29 is 17.9 Å². The summed E-state index contributed by atoms with van der Waals surface area (Å²) in [5.74, 6) is 0.775. The van der Waals surface area contributed by atoms with Gasteiger partial charge in [-0.15, -0.1) is 0 Å². The highest BCUT2D eigenvalue weighted by Gasteiger charge is 2.35. The Morgan fingerprint density at radius 2 is 1.77 bits per heavy atom. The highest BCUT2D eigenvalue weighted by Crippen LogP contribution is 2.34. The molecular formula is C19H16F3N3O. The van der Waals surface area contributed by atoms with Gasteiger partial charge in [0.2, 0.25) is 0 Å². The van der Waals surface area contributed by atoms with Crippen molar-refractivity contribution in [1.82, 2.24) is 9.97 Å². The second-order valence-corrected chi connectivity index (χ2v) is 5.53. The molecule has 0 radical (unpaired) electrons. The van der Waals surface area contributed by atoms with Crippen molar-refractivity contribution in [2.24, 2.45) is 0 Å². The maximum Gasteiger partial charge on any atom is 0.434 e. The predicted molar refractivity (Wildman–Crippen MR) is 92.8 cm³/mol.